The van der Waals surface area contributed by atoms with Crippen LogP contribution in [0.3, 0.4) is 0 Å². The van der Waals surface area contributed by atoms with E-state index in [1.54, 1.807) is 14.2 Å². The zero-order valence-corrected chi connectivity index (χ0v) is 11.9. The molecule has 20 heavy (non-hydrogen) atoms. The molecule has 0 saturated heterocycles. The van der Waals surface area contributed by atoms with Crippen molar-refractivity contribution >= 4 is 0 Å². The van der Waals surface area contributed by atoms with Gasteiger partial charge in [-0.2, -0.15) is 4.98 Å². The zero-order chi connectivity index (χ0) is 14.5. The van der Waals surface area contributed by atoms with Gasteiger partial charge in [0, 0.05) is 12.5 Å². The van der Waals surface area contributed by atoms with Gasteiger partial charge in [0.15, 0.2) is 17.3 Å². The van der Waals surface area contributed by atoms with E-state index in [0.717, 1.165) is 6.42 Å². The van der Waals surface area contributed by atoms with E-state index in [4.69, 9.17) is 19.7 Å². The number of para-hydroxylation sites is 1. The summed E-state index contributed by atoms with van der Waals surface area (Å²) in [4.78, 5) is 4.36. The SMILES string of the molecule is CCC(N)Cc1noc(-c2cccc(OC)c2OC)n1. The maximum atomic E-state index is 5.89. The predicted octanol–water partition coefficient (Wildman–Crippen LogP) is 2.03. The molecule has 108 valence electrons. The van der Waals surface area contributed by atoms with Crippen molar-refractivity contribution in [1.29, 1.82) is 0 Å². The van der Waals surface area contributed by atoms with Gasteiger partial charge in [-0.3, -0.25) is 0 Å². The molecule has 0 amide bonds. The van der Waals surface area contributed by atoms with Crippen molar-refractivity contribution in [2.45, 2.75) is 25.8 Å². The second kappa shape index (κ2) is 6.38. The van der Waals surface area contributed by atoms with Gasteiger partial charge in [-0.15, -0.1) is 0 Å². The fourth-order valence-electron chi connectivity index (χ4n) is 1.88. The molecule has 0 saturated carbocycles. The van der Waals surface area contributed by atoms with Crippen molar-refractivity contribution < 1.29 is 14.0 Å². The summed E-state index contributed by atoms with van der Waals surface area (Å²) in [6.45, 7) is 2.02. The zero-order valence-electron chi connectivity index (χ0n) is 11.9. The maximum absolute atomic E-state index is 5.89. The van der Waals surface area contributed by atoms with Crippen molar-refractivity contribution in [3.8, 4) is 23.0 Å². The molecule has 2 aromatic rings. The van der Waals surface area contributed by atoms with E-state index in [1.807, 2.05) is 25.1 Å². The number of rotatable bonds is 6. The van der Waals surface area contributed by atoms with Crippen LogP contribution in [0.4, 0.5) is 0 Å². The molecule has 0 spiro atoms. The number of ether oxygens (including phenoxy) is 2. The molecule has 0 aliphatic rings. The first-order valence-electron chi connectivity index (χ1n) is 6.49. The lowest BCUT2D eigenvalue weighted by atomic mass is 10.1. The van der Waals surface area contributed by atoms with Gasteiger partial charge < -0.3 is 19.7 Å². The Labute approximate surface area is 117 Å². The van der Waals surface area contributed by atoms with Crippen LogP contribution < -0.4 is 15.2 Å². The standard InChI is InChI=1S/C14H19N3O3/c1-4-9(15)8-12-16-14(20-17-12)10-6-5-7-11(18-2)13(10)19-3/h5-7,9H,4,8,15H2,1-3H3. The molecule has 0 fully saturated rings. The number of hydrogen-bond acceptors (Lipinski definition) is 6. The molecule has 1 heterocycles. The maximum Gasteiger partial charge on any atom is 0.261 e. The lowest BCUT2D eigenvalue weighted by Gasteiger charge is -2.09. The highest BCUT2D eigenvalue weighted by Gasteiger charge is 2.17. The third kappa shape index (κ3) is 2.91. The second-order valence-electron chi connectivity index (χ2n) is 4.43. The molecule has 2 rings (SSSR count). The van der Waals surface area contributed by atoms with Crippen LogP contribution in [0, 0.1) is 0 Å². The quantitative estimate of drug-likeness (QED) is 0.869. The van der Waals surface area contributed by atoms with Gasteiger partial charge in [0.1, 0.15) is 0 Å². The molecule has 0 radical (unpaired) electrons. The fraction of sp³-hybridized carbons (Fsp3) is 0.429. The lowest BCUT2D eigenvalue weighted by Crippen LogP contribution is -2.21. The van der Waals surface area contributed by atoms with E-state index in [0.29, 0.717) is 35.2 Å². The number of aromatic nitrogens is 2. The van der Waals surface area contributed by atoms with Crippen molar-refractivity contribution in [2.75, 3.05) is 14.2 Å². The Morgan fingerprint density at radius 3 is 2.75 bits per heavy atom. The predicted molar refractivity (Wildman–Crippen MR) is 74.8 cm³/mol. The summed E-state index contributed by atoms with van der Waals surface area (Å²) in [6, 6.07) is 5.54. The fourth-order valence-corrected chi connectivity index (χ4v) is 1.88. The largest absolute Gasteiger partial charge is 0.493 e. The Bertz CT molecular complexity index is 569. The Hall–Kier alpha value is -2.08. The van der Waals surface area contributed by atoms with Gasteiger partial charge in [0.05, 0.1) is 19.8 Å². The smallest absolute Gasteiger partial charge is 0.261 e. The molecule has 1 aromatic carbocycles. The van der Waals surface area contributed by atoms with Crippen LogP contribution in [0.25, 0.3) is 11.5 Å². The minimum absolute atomic E-state index is 0.0349. The Balaban J connectivity index is 2.32. The van der Waals surface area contributed by atoms with Crippen LogP contribution >= 0.6 is 0 Å². The van der Waals surface area contributed by atoms with E-state index in [1.165, 1.54) is 0 Å². The molecule has 0 aliphatic heterocycles. The summed E-state index contributed by atoms with van der Waals surface area (Å²) < 4.78 is 15.9. The topological polar surface area (TPSA) is 83.4 Å². The first kappa shape index (κ1) is 14.3. The Morgan fingerprint density at radius 2 is 2.10 bits per heavy atom. The number of benzene rings is 1. The number of nitrogens with zero attached hydrogens (tertiary/aromatic N) is 2. The van der Waals surface area contributed by atoms with Gasteiger partial charge in [-0.05, 0) is 18.6 Å². The van der Waals surface area contributed by atoms with E-state index in [-0.39, 0.29) is 6.04 Å². The molecule has 6 nitrogen and oxygen atoms in total. The molecular formula is C14H19N3O3. The highest BCUT2D eigenvalue weighted by molar-refractivity contribution is 5.67. The van der Waals surface area contributed by atoms with E-state index in [2.05, 4.69) is 10.1 Å². The molecule has 1 unspecified atom stereocenters. The molecule has 0 aliphatic carbocycles. The lowest BCUT2D eigenvalue weighted by molar-refractivity contribution is 0.353. The summed E-state index contributed by atoms with van der Waals surface area (Å²) in [5.74, 6) is 2.19. The van der Waals surface area contributed by atoms with Gasteiger partial charge >= 0.3 is 0 Å². The molecule has 0 bridgehead atoms. The van der Waals surface area contributed by atoms with Gasteiger partial charge in [-0.25, -0.2) is 0 Å². The Morgan fingerprint density at radius 1 is 1.30 bits per heavy atom. The van der Waals surface area contributed by atoms with Crippen LogP contribution in [0.15, 0.2) is 22.7 Å². The van der Waals surface area contributed by atoms with Crippen LogP contribution in [-0.2, 0) is 6.42 Å². The average molecular weight is 277 g/mol. The Kier molecular flexibility index (Phi) is 4.57. The summed E-state index contributed by atoms with van der Waals surface area (Å²) in [5, 5.41) is 3.95. The van der Waals surface area contributed by atoms with Gasteiger partial charge in [0.25, 0.3) is 5.89 Å². The van der Waals surface area contributed by atoms with E-state index < -0.39 is 0 Å². The second-order valence-corrected chi connectivity index (χ2v) is 4.43. The summed E-state index contributed by atoms with van der Waals surface area (Å²) in [7, 11) is 3.16. The average Bonchev–Trinajstić information content (AvgIpc) is 2.94. The van der Waals surface area contributed by atoms with Crippen molar-refractivity contribution in [3.05, 3.63) is 24.0 Å². The van der Waals surface area contributed by atoms with Gasteiger partial charge in [-0.1, -0.05) is 18.1 Å². The molecule has 6 heteroatoms. The third-order valence-corrected chi connectivity index (χ3v) is 3.07. The highest BCUT2D eigenvalue weighted by atomic mass is 16.5. The summed E-state index contributed by atoms with van der Waals surface area (Å²) in [6.07, 6.45) is 1.46. The van der Waals surface area contributed by atoms with E-state index >= 15 is 0 Å². The monoisotopic (exact) mass is 277 g/mol. The molecule has 1 aromatic heterocycles. The first-order valence-corrected chi connectivity index (χ1v) is 6.49. The third-order valence-electron chi connectivity index (χ3n) is 3.07. The summed E-state index contributed by atoms with van der Waals surface area (Å²) in [5.41, 5.74) is 6.59. The number of hydrogen-bond donors (Lipinski definition) is 1. The van der Waals surface area contributed by atoms with Gasteiger partial charge in [0.2, 0.25) is 0 Å². The highest BCUT2D eigenvalue weighted by Crippen LogP contribution is 2.36. The number of nitrogens with two attached hydrogens (primary N) is 1. The van der Waals surface area contributed by atoms with Crippen LogP contribution in [0.1, 0.15) is 19.2 Å². The van der Waals surface area contributed by atoms with Crippen LogP contribution in [0.5, 0.6) is 11.5 Å². The van der Waals surface area contributed by atoms with E-state index in [9.17, 15) is 0 Å². The molecule has 2 N–H and O–H groups in total. The van der Waals surface area contributed by atoms with Crippen LogP contribution in [0.2, 0.25) is 0 Å². The van der Waals surface area contributed by atoms with Crippen molar-refractivity contribution in [3.63, 3.8) is 0 Å². The summed E-state index contributed by atoms with van der Waals surface area (Å²) >= 11 is 0. The normalized spacial score (nSPS) is 12.2. The number of methoxy groups -OCH3 is 2. The minimum atomic E-state index is 0.0349. The van der Waals surface area contributed by atoms with Crippen LogP contribution in [-0.4, -0.2) is 30.4 Å². The van der Waals surface area contributed by atoms with Crippen molar-refractivity contribution in [2.24, 2.45) is 5.73 Å². The first-order chi connectivity index (χ1) is 9.69. The molecule has 1 atom stereocenters. The minimum Gasteiger partial charge on any atom is -0.493 e. The molecular weight excluding hydrogens is 258 g/mol. The van der Waals surface area contributed by atoms with Crippen molar-refractivity contribution in [1.82, 2.24) is 10.1 Å².